The topological polar surface area (TPSA) is 86.4 Å². The molecule has 24 heavy (non-hydrogen) atoms. The van der Waals surface area contributed by atoms with E-state index in [1.165, 1.54) is 15.6 Å². The Bertz CT molecular complexity index is 833. The van der Waals surface area contributed by atoms with Crippen molar-refractivity contribution >= 4 is 27.3 Å². The monoisotopic (exact) mass is 368 g/mol. The number of piperazine rings is 1. The van der Waals surface area contributed by atoms with E-state index in [-0.39, 0.29) is 5.91 Å². The van der Waals surface area contributed by atoms with Gasteiger partial charge in [0.25, 0.3) is 15.9 Å². The largest absolute Gasteiger partial charge is 0.335 e. The van der Waals surface area contributed by atoms with Gasteiger partial charge in [-0.3, -0.25) is 9.89 Å². The molecule has 0 aliphatic carbocycles. The summed E-state index contributed by atoms with van der Waals surface area (Å²) in [5.41, 5.74) is 1.19. The number of nitrogens with one attached hydrogen (secondary N) is 1. The molecule has 3 rings (SSSR count). The van der Waals surface area contributed by atoms with Crippen LogP contribution in [0.25, 0.3) is 0 Å². The normalized spacial score (nSPS) is 16.5. The number of nitrogens with zero attached hydrogens (tertiary/aromatic N) is 3. The molecule has 0 bridgehead atoms. The van der Waals surface area contributed by atoms with Crippen LogP contribution in [0, 0.1) is 6.92 Å². The Balaban J connectivity index is 1.67. The van der Waals surface area contributed by atoms with Crippen LogP contribution in [-0.4, -0.2) is 59.9 Å². The predicted molar refractivity (Wildman–Crippen MR) is 91.7 cm³/mol. The molecular formula is C15H20N4O3S2. The van der Waals surface area contributed by atoms with Crippen LogP contribution in [0.4, 0.5) is 0 Å². The Kier molecular flexibility index (Phi) is 4.75. The van der Waals surface area contributed by atoms with Gasteiger partial charge in [-0.25, -0.2) is 8.42 Å². The van der Waals surface area contributed by atoms with Crippen molar-refractivity contribution in [1.29, 1.82) is 0 Å². The third kappa shape index (κ3) is 3.24. The number of sulfonamides is 1. The van der Waals surface area contributed by atoms with Crippen molar-refractivity contribution in [2.45, 2.75) is 24.5 Å². The number of hydrogen-bond acceptors (Lipinski definition) is 5. The van der Waals surface area contributed by atoms with Crippen LogP contribution in [0.3, 0.4) is 0 Å². The summed E-state index contributed by atoms with van der Waals surface area (Å²) in [6.07, 6.45) is 0.825. The molecule has 1 saturated heterocycles. The molecule has 0 spiro atoms. The van der Waals surface area contributed by atoms with E-state index < -0.39 is 10.0 Å². The molecule has 2 aromatic rings. The molecule has 0 aromatic carbocycles. The highest BCUT2D eigenvalue weighted by atomic mass is 32.2. The lowest BCUT2D eigenvalue weighted by molar-refractivity contribution is 0.0692. The number of aryl methyl sites for hydroxylation is 2. The van der Waals surface area contributed by atoms with E-state index in [0.717, 1.165) is 17.0 Å². The summed E-state index contributed by atoms with van der Waals surface area (Å²) in [6.45, 7) is 5.18. The zero-order chi connectivity index (χ0) is 17.3. The zero-order valence-electron chi connectivity index (χ0n) is 13.7. The highest BCUT2D eigenvalue weighted by molar-refractivity contribution is 7.91. The van der Waals surface area contributed by atoms with Gasteiger partial charge in [0.05, 0.1) is 0 Å². The van der Waals surface area contributed by atoms with Crippen molar-refractivity contribution in [1.82, 2.24) is 19.4 Å². The third-order valence-electron chi connectivity index (χ3n) is 4.03. The Labute approximate surface area is 145 Å². The van der Waals surface area contributed by atoms with Crippen molar-refractivity contribution in [3.05, 3.63) is 34.5 Å². The van der Waals surface area contributed by atoms with Gasteiger partial charge in [-0.1, -0.05) is 6.92 Å². The minimum Gasteiger partial charge on any atom is -0.335 e. The maximum atomic E-state index is 12.7. The van der Waals surface area contributed by atoms with Crippen LogP contribution in [-0.2, 0) is 16.4 Å². The molecule has 0 unspecified atom stereocenters. The molecule has 7 nitrogen and oxygen atoms in total. The Morgan fingerprint density at radius 3 is 2.54 bits per heavy atom. The van der Waals surface area contributed by atoms with Crippen molar-refractivity contribution in [3.63, 3.8) is 0 Å². The fourth-order valence-corrected chi connectivity index (χ4v) is 5.51. The van der Waals surface area contributed by atoms with Crippen LogP contribution >= 0.6 is 11.3 Å². The molecular weight excluding hydrogens is 348 g/mol. The molecule has 1 aliphatic heterocycles. The van der Waals surface area contributed by atoms with Gasteiger partial charge in [0.1, 0.15) is 9.90 Å². The molecule has 1 N–H and O–H groups in total. The molecule has 0 atom stereocenters. The number of aromatic nitrogens is 2. The zero-order valence-corrected chi connectivity index (χ0v) is 15.3. The second-order valence-electron chi connectivity index (χ2n) is 5.71. The third-order valence-corrected chi connectivity index (χ3v) is 7.63. The van der Waals surface area contributed by atoms with Gasteiger partial charge in [-0.2, -0.15) is 9.40 Å². The quantitative estimate of drug-likeness (QED) is 0.886. The fraction of sp³-hybridized carbons (Fsp3) is 0.467. The number of H-pyrrole nitrogens is 1. The molecule has 0 radical (unpaired) electrons. The van der Waals surface area contributed by atoms with E-state index in [1.54, 1.807) is 17.0 Å². The second kappa shape index (κ2) is 6.66. The predicted octanol–water partition coefficient (Wildman–Crippen LogP) is 1.49. The van der Waals surface area contributed by atoms with E-state index >= 15 is 0 Å². The summed E-state index contributed by atoms with van der Waals surface area (Å²) < 4.78 is 27.2. The van der Waals surface area contributed by atoms with E-state index in [9.17, 15) is 13.2 Å². The van der Waals surface area contributed by atoms with Gasteiger partial charge in [0.15, 0.2) is 0 Å². The molecule has 2 aromatic heterocycles. The first-order valence-electron chi connectivity index (χ1n) is 7.82. The lowest BCUT2D eigenvalue weighted by Crippen LogP contribution is -2.50. The first-order valence-corrected chi connectivity index (χ1v) is 10.1. The van der Waals surface area contributed by atoms with Crippen LogP contribution in [0.1, 0.15) is 28.0 Å². The van der Waals surface area contributed by atoms with Gasteiger partial charge >= 0.3 is 0 Å². The average Bonchev–Trinajstić information content (AvgIpc) is 3.23. The summed E-state index contributed by atoms with van der Waals surface area (Å²) in [7, 11) is -3.47. The lowest BCUT2D eigenvalue weighted by atomic mass is 10.3. The Morgan fingerprint density at radius 1 is 1.29 bits per heavy atom. The number of carbonyl (C=O) groups is 1. The first-order chi connectivity index (χ1) is 11.4. The number of hydrogen-bond donors (Lipinski definition) is 1. The van der Waals surface area contributed by atoms with Crippen molar-refractivity contribution in [3.8, 4) is 0 Å². The van der Waals surface area contributed by atoms with Gasteiger partial charge in [-0.05, 0) is 31.5 Å². The fourth-order valence-electron chi connectivity index (χ4n) is 2.64. The Hall–Kier alpha value is -1.71. The number of thiophene rings is 1. The first kappa shape index (κ1) is 17.1. The summed E-state index contributed by atoms with van der Waals surface area (Å²) in [5.74, 6) is -0.166. The summed E-state index contributed by atoms with van der Waals surface area (Å²) in [5, 5.41) is 6.72. The lowest BCUT2D eigenvalue weighted by Gasteiger charge is -2.33. The highest BCUT2D eigenvalue weighted by Gasteiger charge is 2.31. The summed E-state index contributed by atoms with van der Waals surface area (Å²) in [4.78, 5) is 15.1. The van der Waals surface area contributed by atoms with Gasteiger partial charge in [0.2, 0.25) is 0 Å². The van der Waals surface area contributed by atoms with E-state index in [2.05, 4.69) is 10.2 Å². The maximum Gasteiger partial charge on any atom is 0.274 e. The molecule has 130 valence electrons. The molecule has 1 amide bonds. The van der Waals surface area contributed by atoms with Crippen LogP contribution in [0.5, 0.6) is 0 Å². The van der Waals surface area contributed by atoms with Crippen LogP contribution < -0.4 is 0 Å². The minimum absolute atomic E-state index is 0.166. The second-order valence-corrected chi connectivity index (χ2v) is 9.04. The average molecular weight is 368 g/mol. The van der Waals surface area contributed by atoms with Gasteiger partial charge < -0.3 is 4.90 Å². The number of rotatable bonds is 4. The van der Waals surface area contributed by atoms with Crippen LogP contribution in [0.15, 0.2) is 22.4 Å². The van der Waals surface area contributed by atoms with Crippen molar-refractivity contribution in [2.75, 3.05) is 26.2 Å². The standard InChI is InChI=1S/C15H20N4O3S2/c1-3-12-4-5-14(23-12)24(21,22)19-8-6-18(7-9-19)15(20)13-10-11(2)16-17-13/h4-5,10H,3,6-9H2,1-2H3,(H,16,17). The van der Waals surface area contributed by atoms with E-state index in [0.29, 0.717) is 36.1 Å². The van der Waals surface area contributed by atoms with Crippen LogP contribution in [0.2, 0.25) is 0 Å². The Morgan fingerprint density at radius 2 is 2.00 bits per heavy atom. The highest BCUT2D eigenvalue weighted by Crippen LogP contribution is 2.26. The minimum atomic E-state index is -3.47. The molecule has 1 aliphatic rings. The summed E-state index contributed by atoms with van der Waals surface area (Å²) >= 11 is 1.32. The molecule has 3 heterocycles. The molecule has 1 fully saturated rings. The number of aromatic amines is 1. The number of amides is 1. The number of carbonyl (C=O) groups excluding carboxylic acids is 1. The van der Waals surface area contributed by atoms with E-state index in [1.807, 2.05) is 19.9 Å². The van der Waals surface area contributed by atoms with E-state index in [4.69, 9.17) is 0 Å². The van der Waals surface area contributed by atoms with Crippen molar-refractivity contribution in [2.24, 2.45) is 0 Å². The van der Waals surface area contributed by atoms with Gasteiger partial charge in [-0.15, -0.1) is 11.3 Å². The van der Waals surface area contributed by atoms with Gasteiger partial charge in [0, 0.05) is 36.8 Å². The van der Waals surface area contributed by atoms with Crippen molar-refractivity contribution < 1.29 is 13.2 Å². The molecule has 0 saturated carbocycles. The smallest absolute Gasteiger partial charge is 0.274 e. The molecule has 9 heteroatoms. The summed E-state index contributed by atoms with van der Waals surface area (Å²) in [6, 6.07) is 5.23. The SMILES string of the molecule is CCc1ccc(S(=O)(=O)N2CCN(C(=O)c3cc(C)[nH]n3)CC2)s1. The maximum absolute atomic E-state index is 12.7.